The molecule has 1 fully saturated rings. The van der Waals surface area contributed by atoms with Crippen molar-refractivity contribution in [2.24, 2.45) is 4.99 Å². The van der Waals surface area contributed by atoms with Crippen LogP contribution in [0, 0.1) is 0 Å². The van der Waals surface area contributed by atoms with Gasteiger partial charge in [-0.2, -0.15) is 0 Å². The average molecular weight is 502 g/mol. The highest BCUT2D eigenvalue weighted by Crippen LogP contribution is 2.11. The number of carbonyl (C=O) groups excluding carboxylic acids is 1. The topological polar surface area (TPSA) is 66.0 Å². The van der Waals surface area contributed by atoms with E-state index < -0.39 is 0 Å². The minimum absolute atomic E-state index is 0. The second-order valence-electron chi connectivity index (χ2n) is 6.90. The zero-order chi connectivity index (χ0) is 19.3. The Hall–Kier alpha value is -1.51. The lowest BCUT2D eigenvalue weighted by molar-refractivity contribution is 0.0963. The normalized spacial score (nSPS) is 14.9. The molecule has 7 heteroatoms. The van der Waals surface area contributed by atoms with Crippen LogP contribution in [0.1, 0.15) is 44.6 Å². The number of hydrogen-bond donors (Lipinski definition) is 2. The summed E-state index contributed by atoms with van der Waals surface area (Å²) in [6.45, 7) is 4.65. The van der Waals surface area contributed by atoms with E-state index in [-0.39, 0.29) is 30.1 Å². The second kappa shape index (κ2) is 14.5. The fourth-order valence-electron chi connectivity index (χ4n) is 3.29. The molecule has 0 atom stereocenters. The summed E-state index contributed by atoms with van der Waals surface area (Å²) in [5.74, 6) is 0.854. The van der Waals surface area contributed by atoms with E-state index in [4.69, 9.17) is 4.74 Å². The van der Waals surface area contributed by atoms with Crippen molar-refractivity contribution in [3.63, 3.8) is 0 Å². The molecule has 0 aliphatic carbocycles. The number of nitrogens with one attached hydrogen (secondary N) is 2. The van der Waals surface area contributed by atoms with E-state index in [0.717, 1.165) is 51.3 Å². The molecule has 0 saturated carbocycles. The molecule has 2 rings (SSSR count). The highest BCUT2D eigenvalue weighted by atomic mass is 127. The molecule has 158 valence electrons. The molecular formula is C21H35IN4O2. The Labute approximate surface area is 186 Å². The molecule has 28 heavy (non-hydrogen) atoms. The highest BCUT2D eigenvalue weighted by molar-refractivity contribution is 14.0. The third kappa shape index (κ3) is 9.12. The fraction of sp³-hybridized carbons (Fsp3) is 0.619. The van der Waals surface area contributed by atoms with E-state index in [1.807, 2.05) is 6.92 Å². The van der Waals surface area contributed by atoms with E-state index in [2.05, 4.69) is 46.0 Å². The predicted octanol–water partition coefficient (Wildman–Crippen LogP) is 3.80. The van der Waals surface area contributed by atoms with Crippen LogP contribution >= 0.6 is 24.0 Å². The first-order chi connectivity index (χ1) is 13.2. The quantitative estimate of drug-likeness (QED) is 0.246. The summed E-state index contributed by atoms with van der Waals surface area (Å²) in [6, 6.07) is 11.0. The number of aliphatic imine (C=N–C) groups is 1. The number of amides is 1. The summed E-state index contributed by atoms with van der Waals surface area (Å²) in [7, 11) is 1.80. The van der Waals surface area contributed by atoms with Crippen molar-refractivity contribution in [3.05, 3.63) is 35.9 Å². The Morgan fingerprint density at radius 1 is 1.18 bits per heavy atom. The molecule has 1 aromatic carbocycles. The second-order valence-corrected chi connectivity index (χ2v) is 6.90. The van der Waals surface area contributed by atoms with Gasteiger partial charge in [-0.3, -0.25) is 4.99 Å². The van der Waals surface area contributed by atoms with Crippen molar-refractivity contribution in [2.75, 3.05) is 33.3 Å². The minimum Gasteiger partial charge on any atom is -0.450 e. The Balaban J connectivity index is 0.00000392. The number of carbonyl (C=O) groups is 1. The lowest BCUT2D eigenvalue weighted by Crippen LogP contribution is -2.50. The molecule has 0 radical (unpaired) electrons. The first kappa shape index (κ1) is 24.5. The number of aryl methyl sites for hydroxylation is 1. The molecule has 0 bridgehead atoms. The van der Waals surface area contributed by atoms with Crippen molar-refractivity contribution in [1.29, 1.82) is 0 Å². The van der Waals surface area contributed by atoms with Gasteiger partial charge in [0.15, 0.2) is 5.96 Å². The molecule has 0 unspecified atom stereocenters. The molecule has 2 N–H and O–H groups in total. The van der Waals surface area contributed by atoms with Crippen molar-refractivity contribution >= 4 is 36.0 Å². The standard InChI is InChI=1S/C21H34N4O2.HI/c1-3-27-21(26)25-16-13-19(14-17-25)24-20(22-2)23-15-9-5-8-12-18-10-6-4-7-11-18;/h4,6-7,10-11,19H,3,5,8-9,12-17H2,1-2H3,(H2,22,23,24);1H. The van der Waals surface area contributed by atoms with E-state index in [0.29, 0.717) is 12.6 Å². The zero-order valence-corrected chi connectivity index (χ0v) is 19.5. The van der Waals surface area contributed by atoms with Gasteiger partial charge < -0.3 is 20.3 Å². The molecule has 6 nitrogen and oxygen atoms in total. The van der Waals surface area contributed by atoms with Gasteiger partial charge in [0.2, 0.25) is 0 Å². The maximum Gasteiger partial charge on any atom is 0.409 e. The van der Waals surface area contributed by atoms with Crippen LogP contribution in [0.4, 0.5) is 4.79 Å². The summed E-state index contributed by atoms with van der Waals surface area (Å²) >= 11 is 0. The number of ether oxygens (including phenoxy) is 1. The first-order valence-corrected chi connectivity index (χ1v) is 10.2. The van der Waals surface area contributed by atoms with Gasteiger partial charge in [-0.1, -0.05) is 36.8 Å². The van der Waals surface area contributed by atoms with Gasteiger partial charge in [-0.15, -0.1) is 24.0 Å². The summed E-state index contributed by atoms with van der Waals surface area (Å²) in [6.07, 6.45) is 6.32. The monoisotopic (exact) mass is 502 g/mol. The average Bonchev–Trinajstić information content (AvgIpc) is 2.71. The van der Waals surface area contributed by atoms with Crippen LogP contribution in [-0.2, 0) is 11.2 Å². The third-order valence-corrected chi connectivity index (χ3v) is 4.86. The van der Waals surface area contributed by atoms with Crippen molar-refractivity contribution in [3.8, 4) is 0 Å². The Morgan fingerprint density at radius 3 is 2.54 bits per heavy atom. The van der Waals surface area contributed by atoms with Crippen LogP contribution in [0.15, 0.2) is 35.3 Å². The van der Waals surface area contributed by atoms with Crippen LogP contribution in [0.25, 0.3) is 0 Å². The third-order valence-electron chi connectivity index (χ3n) is 4.86. The molecule has 1 aliphatic rings. The number of unbranched alkanes of at least 4 members (excludes halogenated alkanes) is 2. The van der Waals surface area contributed by atoms with E-state index in [1.165, 1.54) is 18.4 Å². The largest absolute Gasteiger partial charge is 0.450 e. The van der Waals surface area contributed by atoms with Crippen molar-refractivity contribution < 1.29 is 9.53 Å². The van der Waals surface area contributed by atoms with Gasteiger partial charge >= 0.3 is 6.09 Å². The highest BCUT2D eigenvalue weighted by Gasteiger charge is 2.23. The molecule has 1 heterocycles. The van der Waals surface area contributed by atoms with E-state index >= 15 is 0 Å². The molecular weight excluding hydrogens is 467 g/mol. The van der Waals surface area contributed by atoms with Gasteiger partial charge in [0.1, 0.15) is 0 Å². The van der Waals surface area contributed by atoms with E-state index in [1.54, 1.807) is 11.9 Å². The number of nitrogens with zero attached hydrogens (tertiary/aromatic N) is 2. The fourth-order valence-corrected chi connectivity index (χ4v) is 3.29. The number of likely N-dealkylation sites (tertiary alicyclic amines) is 1. The van der Waals surface area contributed by atoms with Gasteiger partial charge in [-0.25, -0.2) is 4.79 Å². The van der Waals surface area contributed by atoms with Crippen molar-refractivity contribution in [1.82, 2.24) is 15.5 Å². The Morgan fingerprint density at radius 2 is 1.89 bits per heavy atom. The number of halogens is 1. The number of guanidine groups is 1. The summed E-state index contributed by atoms with van der Waals surface area (Å²) in [5.41, 5.74) is 1.41. The van der Waals surface area contributed by atoms with Gasteiger partial charge in [0, 0.05) is 32.7 Å². The number of rotatable bonds is 8. The number of hydrogen-bond acceptors (Lipinski definition) is 3. The zero-order valence-electron chi connectivity index (χ0n) is 17.2. The van der Waals surface area contributed by atoms with Gasteiger partial charge in [0.05, 0.1) is 6.61 Å². The summed E-state index contributed by atoms with van der Waals surface area (Å²) in [4.78, 5) is 17.9. The molecule has 1 aromatic rings. The van der Waals surface area contributed by atoms with Crippen LogP contribution < -0.4 is 10.6 Å². The van der Waals surface area contributed by atoms with Crippen molar-refractivity contribution in [2.45, 2.75) is 51.5 Å². The summed E-state index contributed by atoms with van der Waals surface area (Å²) < 4.78 is 5.06. The molecule has 0 aromatic heterocycles. The number of benzene rings is 1. The van der Waals surface area contributed by atoms with E-state index in [9.17, 15) is 4.79 Å². The van der Waals surface area contributed by atoms with Crippen LogP contribution in [0.3, 0.4) is 0 Å². The lowest BCUT2D eigenvalue weighted by atomic mass is 10.1. The predicted molar refractivity (Wildman–Crippen MR) is 126 cm³/mol. The van der Waals surface area contributed by atoms with Gasteiger partial charge in [0.25, 0.3) is 0 Å². The molecule has 1 saturated heterocycles. The van der Waals surface area contributed by atoms with Gasteiger partial charge in [-0.05, 0) is 44.6 Å². The number of piperidine rings is 1. The molecule has 0 spiro atoms. The van der Waals surface area contributed by atoms with Crippen LogP contribution in [-0.4, -0.2) is 56.3 Å². The molecule has 1 aliphatic heterocycles. The maximum absolute atomic E-state index is 11.7. The Bertz CT molecular complexity index is 575. The Kier molecular flexibility index (Phi) is 12.7. The van der Waals surface area contributed by atoms with Crippen LogP contribution in [0.5, 0.6) is 0 Å². The summed E-state index contributed by atoms with van der Waals surface area (Å²) in [5, 5.41) is 6.88. The first-order valence-electron chi connectivity index (χ1n) is 10.2. The lowest BCUT2D eigenvalue weighted by Gasteiger charge is -2.32. The minimum atomic E-state index is -0.200. The smallest absolute Gasteiger partial charge is 0.409 e. The van der Waals surface area contributed by atoms with Crippen LogP contribution in [0.2, 0.25) is 0 Å². The maximum atomic E-state index is 11.7. The SMILES string of the molecule is CCOC(=O)N1CCC(NC(=NC)NCCCCCc2ccccc2)CC1.I. The molecule has 1 amide bonds.